The van der Waals surface area contributed by atoms with E-state index in [-0.39, 0.29) is 0 Å². The third-order valence-electron chi connectivity index (χ3n) is 11.7. The number of benzene rings is 9. The van der Waals surface area contributed by atoms with Crippen LogP contribution < -0.4 is 4.90 Å². The van der Waals surface area contributed by atoms with Gasteiger partial charge in [0.05, 0.1) is 16.4 Å². The molecular weight excluding hydrogens is 705 g/mol. The van der Waals surface area contributed by atoms with Gasteiger partial charge in [0.1, 0.15) is 11.2 Å². The molecule has 0 saturated carbocycles. The molecule has 0 radical (unpaired) electrons. The van der Waals surface area contributed by atoms with Crippen molar-refractivity contribution < 1.29 is 4.42 Å². The summed E-state index contributed by atoms with van der Waals surface area (Å²) in [6, 6.07) is 82.8. The highest BCUT2D eigenvalue weighted by Gasteiger charge is 2.41. The minimum absolute atomic E-state index is 0.719. The Morgan fingerprint density at radius 3 is 1.59 bits per heavy atom. The van der Waals surface area contributed by atoms with Crippen molar-refractivity contribution in [3.05, 3.63) is 253 Å². The van der Waals surface area contributed by atoms with Crippen LogP contribution in [0, 0.1) is 0 Å². The lowest BCUT2D eigenvalue weighted by molar-refractivity contribution is 0.645. The van der Waals surface area contributed by atoms with Crippen LogP contribution in [0.5, 0.6) is 0 Å². The standard InChI is InChI=1S/C55H38N2O/c1-5-19-39(20-6-1)55(40-21-7-2-8-22-40,50-32-18-31-48-47-30-14-16-34-53(47)58-54(48)50)41-23-17-28-44(37-41)57-51-33-15-13-29-46(51)49-38-45(35-36-52(49)57)56(42-24-9-3-10-25-42)43-26-11-4-12-27-43/h1-38H. The van der Waals surface area contributed by atoms with Crippen LogP contribution in [0.3, 0.4) is 0 Å². The van der Waals surface area contributed by atoms with Crippen molar-refractivity contribution in [3.63, 3.8) is 0 Å². The first kappa shape index (κ1) is 33.7. The molecule has 3 heteroatoms. The Morgan fingerprint density at radius 1 is 0.362 bits per heavy atom. The number of para-hydroxylation sites is 5. The molecule has 0 amide bonds. The van der Waals surface area contributed by atoms with Crippen LogP contribution in [0.1, 0.15) is 22.3 Å². The second kappa shape index (κ2) is 13.8. The summed E-state index contributed by atoms with van der Waals surface area (Å²) in [6.45, 7) is 0. The number of furan rings is 1. The van der Waals surface area contributed by atoms with Gasteiger partial charge in [-0.1, -0.05) is 164 Å². The zero-order chi connectivity index (χ0) is 38.5. The van der Waals surface area contributed by atoms with Crippen LogP contribution in [0.2, 0.25) is 0 Å². The van der Waals surface area contributed by atoms with Crippen LogP contribution in [-0.2, 0) is 5.41 Å². The van der Waals surface area contributed by atoms with Gasteiger partial charge in [-0.05, 0) is 83.4 Å². The number of fused-ring (bicyclic) bond motifs is 6. The van der Waals surface area contributed by atoms with Crippen LogP contribution in [0.25, 0.3) is 49.4 Å². The number of anilines is 3. The fourth-order valence-electron chi connectivity index (χ4n) is 9.24. The first-order valence-corrected chi connectivity index (χ1v) is 19.9. The van der Waals surface area contributed by atoms with Crippen molar-refractivity contribution in [1.82, 2.24) is 4.57 Å². The zero-order valence-corrected chi connectivity index (χ0v) is 31.7. The number of nitrogens with zero attached hydrogens (tertiary/aromatic N) is 2. The maximum absolute atomic E-state index is 6.86. The summed E-state index contributed by atoms with van der Waals surface area (Å²) in [4.78, 5) is 2.33. The van der Waals surface area contributed by atoms with Gasteiger partial charge >= 0.3 is 0 Å². The van der Waals surface area contributed by atoms with E-state index < -0.39 is 5.41 Å². The monoisotopic (exact) mass is 742 g/mol. The maximum Gasteiger partial charge on any atom is 0.140 e. The molecule has 0 spiro atoms. The second-order valence-electron chi connectivity index (χ2n) is 14.9. The summed E-state index contributed by atoms with van der Waals surface area (Å²) in [5.74, 6) is 0. The Labute approximate surface area is 337 Å². The highest BCUT2D eigenvalue weighted by molar-refractivity contribution is 6.11. The normalized spacial score (nSPS) is 11.8. The predicted molar refractivity (Wildman–Crippen MR) is 241 cm³/mol. The lowest BCUT2D eigenvalue weighted by Crippen LogP contribution is -2.31. The zero-order valence-electron chi connectivity index (χ0n) is 31.7. The molecule has 0 aliphatic rings. The molecule has 0 aliphatic heterocycles. The first-order valence-electron chi connectivity index (χ1n) is 19.9. The predicted octanol–water partition coefficient (Wildman–Crippen LogP) is 14.5. The number of aromatic nitrogens is 1. The van der Waals surface area contributed by atoms with E-state index in [9.17, 15) is 0 Å². The Balaban J connectivity index is 1.17. The molecule has 0 aliphatic carbocycles. The van der Waals surface area contributed by atoms with E-state index in [0.29, 0.717) is 0 Å². The molecule has 274 valence electrons. The summed E-state index contributed by atoms with van der Waals surface area (Å²) in [6.07, 6.45) is 0. The van der Waals surface area contributed by atoms with Gasteiger partial charge in [-0.3, -0.25) is 0 Å². The third kappa shape index (κ3) is 5.28. The quantitative estimate of drug-likeness (QED) is 0.145. The van der Waals surface area contributed by atoms with Crippen LogP contribution >= 0.6 is 0 Å². The van der Waals surface area contributed by atoms with Gasteiger partial charge in [0.2, 0.25) is 0 Å². The molecule has 0 saturated heterocycles. The van der Waals surface area contributed by atoms with E-state index >= 15 is 0 Å². The summed E-state index contributed by atoms with van der Waals surface area (Å²) in [7, 11) is 0. The van der Waals surface area contributed by atoms with E-state index in [2.05, 4.69) is 234 Å². The van der Waals surface area contributed by atoms with Crippen molar-refractivity contribution in [2.75, 3.05) is 4.90 Å². The Morgan fingerprint density at radius 2 is 0.897 bits per heavy atom. The van der Waals surface area contributed by atoms with Crippen LogP contribution in [0.15, 0.2) is 235 Å². The van der Waals surface area contributed by atoms with E-state index in [0.717, 1.165) is 66.8 Å². The molecule has 9 aromatic carbocycles. The smallest absolute Gasteiger partial charge is 0.140 e. The van der Waals surface area contributed by atoms with Crippen molar-refractivity contribution in [2.24, 2.45) is 0 Å². The molecule has 0 unspecified atom stereocenters. The van der Waals surface area contributed by atoms with Crippen molar-refractivity contribution in [1.29, 1.82) is 0 Å². The Kier molecular flexibility index (Phi) is 8.04. The van der Waals surface area contributed by atoms with Gasteiger partial charge in [-0.15, -0.1) is 0 Å². The van der Waals surface area contributed by atoms with E-state index in [1.54, 1.807) is 0 Å². The average molecular weight is 743 g/mol. The molecule has 0 bridgehead atoms. The molecular formula is C55H38N2O. The molecule has 2 heterocycles. The number of hydrogen-bond acceptors (Lipinski definition) is 2. The SMILES string of the molecule is c1ccc(N(c2ccccc2)c2ccc3c(c2)c2ccccc2n3-c2cccc(C(c3ccccc3)(c3ccccc3)c3cccc4c3oc3ccccc34)c2)cc1. The van der Waals surface area contributed by atoms with Gasteiger partial charge in [-0.2, -0.15) is 0 Å². The molecule has 11 aromatic rings. The molecule has 3 nitrogen and oxygen atoms in total. The molecule has 58 heavy (non-hydrogen) atoms. The highest BCUT2D eigenvalue weighted by atomic mass is 16.3. The fourth-order valence-corrected chi connectivity index (χ4v) is 9.24. The van der Waals surface area contributed by atoms with Crippen LogP contribution in [0.4, 0.5) is 17.1 Å². The second-order valence-corrected chi connectivity index (χ2v) is 14.9. The van der Waals surface area contributed by atoms with Gasteiger partial charge in [0, 0.05) is 49.9 Å². The Bertz CT molecular complexity index is 3140. The highest BCUT2D eigenvalue weighted by Crippen LogP contribution is 2.49. The average Bonchev–Trinajstić information content (AvgIpc) is 3.85. The van der Waals surface area contributed by atoms with E-state index in [4.69, 9.17) is 4.42 Å². The van der Waals surface area contributed by atoms with Gasteiger partial charge < -0.3 is 13.9 Å². The molecule has 0 atom stereocenters. The minimum Gasteiger partial charge on any atom is -0.456 e. The van der Waals surface area contributed by atoms with Crippen molar-refractivity contribution >= 4 is 60.8 Å². The number of hydrogen-bond donors (Lipinski definition) is 0. The minimum atomic E-state index is -0.719. The summed E-state index contributed by atoms with van der Waals surface area (Å²) < 4.78 is 9.28. The first-order chi connectivity index (χ1) is 28.8. The summed E-state index contributed by atoms with van der Waals surface area (Å²) in [5.41, 5.74) is 12.4. The maximum atomic E-state index is 6.86. The van der Waals surface area contributed by atoms with E-state index in [1.165, 1.54) is 21.9 Å². The third-order valence-corrected chi connectivity index (χ3v) is 11.7. The fraction of sp³-hybridized carbons (Fsp3) is 0.0182. The largest absolute Gasteiger partial charge is 0.456 e. The molecule has 0 fully saturated rings. The van der Waals surface area contributed by atoms with Gasteiger partial charge in [0.25, 0.3) is 0 Å². The molecule has 0 N–H and O–H groups in total. The lowest BCUT2D eigenvalue weighted by Gasteiger charge is -2.37. The van der Waals surface area contributed by atoms with Crippen molar-refractivity contribution in [3.8, 4) is 5.69 Å². The van der Waals surface area contributed by atoms with Gasteiger partial charge in [0.15, 0.2) is 0 Å². The Hall–Kier alpha value is -7.62. The van der Waals surface area contributed by atoms with E-state index in [1.807, 2.05) is 6.07 Å². The molecule has 11 rings (SSSR count). The summed E-state index contributed by atoms with van der Waals surface area (Å²) >= 11 is 0. The van der Waals surface area contributed by atoms with Crippen LogP contribution in [-0.4, -0.2) is 4.57 Å². The van der Waals surface area contributed by atoms with Gasteiger partial charge in [-0.25, -0.2) is 0 Å². The topological polar surface area (TPSA) is 21.3 Å². The lowest BCUT2D eigenvalue weighted by atomic mass is 9.64. The van der Waals surface area contributed by atoms with Crippen molar-refractivity contribution in [2.45, 2.75) is 5.41 Å². The summed E-state index contributed by atoms with van der Waals surface area (Å²) in [5, 5.41) is 4.62. The number of rotatable bonds is 8. The molecule has 2 aromatic heterocycles.